The molecule has 1 amide bonds. The molecule has 3 heterocycles. The Balaban J connectivity index is 1.45. The first-order valence-corrected chi connectivity index (χ1v) is 10.6. The third-order valence-electron chi connectivity index (χ3n) is 5.87. The first-order chi connectivity index (χ1) is 12.4. The first kappa shape index (κ1) is 17.3. The molecule has 4 rings (SSSR count). The molecule has 6 nitrogen and oxygen atoms in total. The quantitative estimate of drug-likeness (QED) is 0.897. The smallest absolute Gasteiger partial charge is 0.227 e. The van der Waals surface area contributed by atoms with E-state index in [9.17, 15) is 13.2 Å². The number of hydrogen-bond donors (Lipinski definition) is 1. The number of anilines is 1. The highest BCUT2D eigenvalue weighted by atomic mass is 32.2. The van der Waals surface area contributed by atoms with E-state index in [2.05, 4.69) is 10.3 Å². The zero-order chi connectivity index (χ0) is 18.5. The average Bonchev–Trinajstić information content (AvgIpc) is 2.97. The lowest BCUT2D eigenvalue weighted by Crippen LogP contribution is -2.38. The number of rotatable bonds is 3. The Bertz CT molecular complexity index is 927. The van der Waals surface area contributed by atoms with Crippen molar-refractivity contribution in [1.82, 2.24) is 9.55 Å². The van der Waals surface area contributed by atoms with Gasteiger partial charge in [-0.3, -0.25) is 4.79 Å². The van der Waals surface area contributed by atoms with Crippen molar-refractivity contribution in [3.63, 3.8) is 0 Å². The van der Waals surface area contributed by atoms with Gasteiger partial charge in [-0.2, -0.15) is 0 Å². The molecule has 0 saturated carbocycles. The monoisotopic (exact) mass is 373 g/mol. The van der Waals surface area contributed by atoms with Crippen LogP contribution in [0.5, 0.6) is 0 Å². The van der Waals surface area contributed by atoms with Gasteiger partial charge in [0.2, 0.25) is 5.91 Å². The van der Waals surface area contributed by atoms with Crippen LogP contribution in [0.1, 0.15) is 37.1 Å². The Morgan fingerprint density at radius 3 is 2.27 bits per heavy atom. The second-order valence-corrected chi connectivity index (χ2v) is 9.91. The number of benzene rings is 1. The Labute approximate surface area is 153 Å². The standard InChI is InChI=1S/C19H23N3O3S/c1-12-13(2)22(11-20-12)16-5-3-15(4-6-16)21-19(23)14-9-17-7-8-18(10-14)26(17,24)25/h3-6,11,14,17-18H,7-10H2,1-2H3,(H,21,23)/t14?,17-,18+. The minimum atomic E-state index is -3.00. The minimum absolute atomic E-state index is 0.0702. The number of aryl methyl sites for hydroxylation is 1. The summed E-state index contributed by atoms with van der Waals surface area (Å²) in [5, 5.41) is 2.29. The maximum atomic E-state index is 12.6. The van der Waals surface area contributed by atoms with Crippen LogP contribution in [0.25, 0.3) is 5.69 Å². The van der Waals surface area contributed by atoms with Gasteiger partial charge < -0.3 is 9.88 Å². The Morgan fingerprint density at radius 1 is 1.12 bits per heavy atom. The summed E-state index contributed by atoms with van der Waals surface area (Å²) in [5.41, 5.74) is 3.79. The molecule has 26 heavy (non-hydrogen) atoms. The van der Waals surface area contributed by atoms with Gasteiger partial charge in [0.1, 0.15) is 0 Å². The maximum Gasteiger partial charge on any atom is 0.227 e. The van der Waals surface area contributed by atoms with E-state index in [-0.39, 0.29) is 22.3 Å². The van der Waals surface area contributed by atoms with Crippen LogP contribution in [0.3, 0.4) is 0 Å². The third kappa shape index (κ3) is 2.84. The SMILES string of the molecule is Cc1ncn(-c2ccc(NC(=O)C3C[C@H]4CC[C@@H](C3)S4(=O)=O)cc2)c1C. The molecular formula is C19H23N3O3S. The van der Waals surface area contributed by atoms with E-state index in [1.165, 1.54) is 0 Å². The zero-order valence-electron chi connectivity index (χ0n) is 15.0. The van der Waals surface area contributed by atoms with Crippen molar-refractivity contribution in [2.24, 2.45) is 5.92 Å². The van der Waals surface area contributed by atoms with Crippen molar-refractivity contribution in [3.05, 3.63) is 42.0 Å². The lowest BCUT2D eigenvalue weighted by Gasteiger charge is -2.27. The molecule has 1 aromatic carbocycles. The predicted octanol–water partition coefficient (Wildman–Crippen LogP) is 2.78. The fraction of sp³-hybridized carbons (Fsp3) is 0.474. The number of sulfone groups is 1. The van der Waals surface area contributed by atoms with E-state index in [4.69, 9.17) is 0 Å². The molecule has 2 aliphatic rings. The number of nitrogens with zero attached hydrogens (tertiary/aromatic N) is 2. The Kier molecular flexibility index (Phi) is 4.14. The number of carbonyl (C=O) groups is 1. The van der Waals surface area contributed by atoms with Crippen LogP contribution in [-0.2, 0) is 14.6 Å². The molecule has 0 spiro atoms. The highest BCUT2D eigenvalue weighted by molar-refractivity contribution is 7.93. The van der Waals surface area contributed by atoms with Gasteiger partial charge in [-0.1, -0.05) is 0 Å². The van der Waals surface area contributed by atoms with Gasteiger partial charge in [-0.25, -0.2) is 13.4 Å². The molecule has 138 valence electrons. The average molecular weight is 373 g/mol. The van der Waals surface area contributed by atoms with Crippen LogP contribution in [0.15, 0.2) is 30.6 Å². The summed E-state index contributed by atoms with van der Waals surface area (Å²) in [4.78, 5) is 16.9. The van der Waals surface area contributed by atoms with Gasteiger partial charge in [-0.15, -0.1) is 0 Å². The second-order valence-electron chi connectivity index (χ2n) is 7.40. The number of aromatic nitrogens is 2. The lowest BCUT2D eigenvalue weighted by molar-refractivity contribution is -0.120. The number of fused-ring (bicyclic) bond motifs is 2. The number of carbonyl (C=O) groups excluding carboxylic acids is 1. The summed E-state index contributed by atoms with van der Waals surface area (Å²) in [5.74, 6) is -0.284. The molecule has 2 aromatic rings. The van der Waals surface area contributed by atoms with Crippen LogP contribution in [0.2, 0.25) is 0 Å². The van der Waals surface area contributed by atoms with E-state index in [0.717, 1.165) is 22.8 Å². The Hall–Kier alpha value is -2.15. The molecule has 0 aliphatic carbocycles. The molecule has 1 unspecified atom stereocenters. The molecule has 3 atom stereocenters. The number of imidazole rings is 1. The highest BCUT2D eigenvalue weighted by Crippen LogP contribution is 2.41. The summed E-state index contributed by atoms with van der Waals surface area (Å²) in [7, 11) is -3.00. The van der Waals surface area contributed by atoms with Crippen molar-refractivity contribution in [2.75, 3.05) is 5.32 Å². The van der Waals surface area contributed by atoms with Gasteiger partial charge in [0.15, 0.2) is 9.84 Å². The number of nitrogens with one attached hydrogen (secondary N) is 1. The largest absolute Gasteiger partial charge is 0.326 e. The van der Waals surface area contributed by atoms with Crippen LogP contribution >= 0.6 is 0 Å². The zero-order valence-corrected chi connectivity index (χ0v) is 15.8. The van der Waals surface area contributed by atoms with Gasteiger partial charge >= 0.3 is 0 Å². The molecule has 1 aromatic heterocycles. The van der Waals surface area contributed by atoms with Gasteiger partial charge in [0.05, 0.1) is 22.5 Å². The summed E-state index contributed by atoms with van der Waals surface area (Å²) in [6.07, 6.45) is 4.10. The van der Waals surface area contributed by atoms with E-state index in [0.29, 0.717) is 25.7 Å². The highest BCUT2D eigenvalue weighted by Gasteiger charge is 2.48. The summed E-state index contributed by atoms with van der Waals surface area (Å²) < 4.78 is 26.3. The summed E-state index contributed by atoms with van der Waals surface area (Å²) in [6.45, 7) is 3.99. The van der Waals surface area contributed by atoms with Gasteiger partial charge in [-0.05, 0) is 63.8 Å². The minimum Gasteiger partial charge on any atom is -0.326 e. The molecule has 2 bridgehead atoms. The van der Waals surface area contributed by atoms with E-state index in [1.807, 2.05) is 42.7 Å². The topological polar surface area (TPSA) is 81.1 Å². The van der Waals surface area contributed by atoms with Crippen molar-refractivity contribution >= 4 is 21.4 Å². The number of amides is 1. The molecule has 2 fully saturated rings. The van der Waals surface area contributed by atoms with Crippen molar-refractivity contribution in [2.45, 2.75) is 50.0 Å². The van der Waals surface area contributed by atoms with Crippen molar-refractivity contribution < 1.29 is 13.2 Å². The second kappa shape index (κ2) is 6.23. The molecule has 2 saturated heterocycles. The molecule has 1 N–H and O–H groups in total. The van der Waals surface area contributed by atoms with Gasteiger partial charge in [0.25, 0.3) is 0 Å². The lowest BCUT2D eigenvalue weighted by atomic mass is 9.98. The van der Waals surface area contributed by atoms with Crippen molar-refractivity contribution in [3.8, 4) is 5.69 Å². The fourth-order valence-corrected chi connectivity index (χ4v) is 6.60. The van der Waals surface area contributed by atoms with Crippen LogP contribution in [-0.4, -0.2) is 34.4 Å². The van der Waals surface area contributed by atoms with E-state index in [1.54, 1.807) is 6.33 Å². The summed E-state index contributed by atoms with van der Waals surface area (Å²) >= 11 is 0. The molecular weight excluding hydrogens is 350 g/mol. The predicted molar refractivity (Wildman–Crippen MR) is 100 cm³/mol. The van der Waals surface area contributed by atoms with Crippen molar-refractivity contribution in [1.29, 1.82) is 0 Å². The van der Waals surface area contributed by atoms with Crippen LogP contribution < -0.4 is 5.32 Å². The fourth-order valence-electron chi connectivity index (χ4n) is 4.13. The molecule has 2 aliphatic heterocycles. The van der Waals surface area contributed by atoms with Crippen LogP contribution in [0, 0.1) is 19.8 Å². The number of hydrogen-bond acceptors (Lipinski definition) is 4. The maximum absolute atomic E-state index is 12.6. The Morgan fingerprint density at radius 2 is 1.73 bits per heavy atom. The molecule has 0 radical (unpaired) electrons. The van der Waals surface area contributed by atoms with Gasteiger partial charge in [0, 0.05) is 23.0 Å². The molecule has 7 heteroatoms. The van der Waals surface area contributed by atoms with E-state index >= 15 is 0 Å². The van der Waals surface area contributed by atoms with E-state index < -0.39 is 9.84 Å². The first-order valence-electron chi connectivity index (χ1n) is 9.01. The third-order valence-corrected chi connectivity index (χ3v) is 8.59. The normalized spacial score (nSPS) is 26.6. The van der Waals surface area contributed by atoms with Crippen LogP contribution in [0.4, 0.5) is 5.69 Å². The summed E-state index contributed by atoms with van der Waals surface area (Å²) in [6, 6.07) is 7.63.